The maximum Gasteiger partial charge on any atom is 0.456 e. The van der Waals surface area contributed by atoms with E-state index in [0.717, 1.165) is 0 Å². The van der Waals surface area contributed by atoms with Crippen molar-refractivity contribution in [3.63, 3.8) is 0 Å². The SMILES string of the molecule is O=C(CF)C(F)(F)C(=O)C(F)(F)F.[Zr]. The molecular weight excluding hydrogens is 297 g/mol. The summed E-state index contributed by atoms with van der Waals surface area (Å²) >= 11 is 0. The predicted molar refractivity (Wildman–Crippen MR) is 27.0 cm³/mol. The second kappa shape index (κ2) is 5.04. The van der Waals surface area contributed by atoms with Gasteiger partial charge in [-0.1, -0.05) is 0 Å². The van der Waals surface area contributed by atoms with Crippen LogP contribution in [0.3, 0.4) is 0 Å². The van der Waals surface area contributed by atoms with Gasteiger partial charge in [0.1, 0.15) is 0 Å². The van der Waals surface area contributed by atoms with Crippen molar-refractivity contribution in [1.82, 2.24) is 0 Å². The van der Waals surface area contributed by atoms with Gasteiger partial charge >= 0.3 is 17.9 Å². The molecule has 0 fully saturated rings. The van der Waals surface area contributed by atoms with Crippen LogP contribution in [0.25, 0.3) is 0 Å². The van der Waals surface area contributed by atoms with Gasteiger partial charge in [-0.2, -0.15) is 22.0 Å². The maximum atomic E-state index is 12.0. The second-order valence-corrected chi connectivity index (χ2v) is 1.96. The van der Waals surface area contributed by atoms with E-state index in [4.69, 9.17) is 0 Å². The van der Waals surface area contributed by atoms with E-state index in [9.17, 15) is 35.9 Å². The van der Waals surface area contributed by atoms with Crippen LogP contribution in [-0.4, -0.2) is 30.3 Å². The summed E-state index contributed by atoms with van der Waals surface area (Å²) < 4.78 is 69.4. The third-order valence-electron chi connectivity index (χ3n) is 1.01. The average Bonchev–Trinajstić information content (AvgIpc) is 1.99. The molecule has 0 rings (SSSR count). The Morgan fingerprint density at radius 2 is 1.36 bits per heavy atom. The predicted octanol–water partition coefficient (Wildman–Crippen LogP) is 1.29. The smallest absolute Gasteiger partial charge is 0.289 e. The molecule has 0 bridgehead atoms. The van der Waals surface area contributed by atoms with Gasteiger partial charge in [0, 0.05) is 26.2 Å². The normalized spacial score (nSPS) is 11.9. The number of rotatable bonds is 3. The second-order valence-electron chi connectivity index (χ2n) is 1.96. The number of hydrogen-bond acceptors (Lipinski definition) is 2. The Balaban J connectivity index is 0. The minimum absolute atomic E-state index is 0. The summed E-state index contributed by atoms with van der Waals surface area (Å²) in [5.74, 6) is -11.6. The zero-order valence-electron chi connectivity index (χ0n) is 6.29. The standard InChI is InChI=1S/C5H2F6O2.Zr/c6-1-2(12)4(7,8)3(13)5(9,10)11;/h1H2;. The average molecular weight is 299 g/mol. The van der Waals surface area contributed by atoms with Gasteiger partial charge in [-0.05, 0) is 0 Å². The fraction of sp³-hybridized carbons (Fsp3) is 0.600. The van der Waals surface area contributed by atoms with Gasteiger partial charge < -0.3 is 0 Å². The molecule has 0 aliphatic rings. The first-order valence-electron chi connectivity index (χ1n) is 2.72. The van der Waals surface area contributed by atoms with E-state index in [0.29, 0.717) is 0 Å². The summed E-state index contributed by atoms with van der Waals surface area (Å²) in [7, 11) is 0. The zero-order valence-corrected chi connectivity index (χ0v) is 8.75. The molecule has 0 aliphatic heterocycles. The molecule has 0 saturated carbocycles. The molecular formula is C5H2F6O2Zr. The van der Waals surface area contributed by atoms with Crippen molar-refractivity contribution in [2.24, 2.45) is 0 Å². The maximum absolute atomic E-state index is 12.0. The van der Waals surface area contributed by atoms with Crippen LogP contribution in [0.2, 0.25) is 0 Å². The van der Waals surface area contributed by atoms with E-state index in [2.05, 4.69) is 0 Å². The van der Waals surface area contributed by atoms with E-state index in [1.807, 2.05) is 0 Å². The van der Waals surface area contributed by atoms with Gasteiger partial charge in [0.05, 0.1) is 0 Å². The molecule has 9 heteroatoms. The molecule has 0 radical (unpaired) electrons. The van der Waals surface area contributed by atoms with Crippen LogP contribution < -0.4 is 0 Å². The monoisotopic (exact) mass is 298 g/mol. The molecule has 14 heavy (non-hydrogen) atoms. The van der Waals surface area contributed by atoms with Gasteiger partial charge in [-0.15, -0.1) is 0 Å². The Morgan fingerprint density at radius 3 is 1.57 bits per heavy atom. The Morgan fingerprint density at radius 1 is 1.00 bits per heavy atom. The summed E-state index contributed by atoms with van der Waals surface area (Å²) in [5.41, 5.74) is 0. The van der Waals surface area contributed by atoms with Crippen LogP contribution >= 0.6 is 0 Å². The molecule has 0 heterocycles. The van der Waals surface area contributed by atoms with E-state index in [1.165, 1.54) is 0 Å². The van der Waals surface area contributed by atoms with Crippen molar-refractivity contribution in [3.8, 4) is 0 Å². The Kier molecular flexibility index (Phi) is 5.85. The first-order valence-corrected chi connectivity index (χ1v) is 2.72. The van der Waals surface area contributed by atoms with Crippen molar-refractivity contribution in [2.45, 2.75) is 12.1 Å². The number of carbonyl (C=O) groups excluding carboxylic acids is 2. The molecule has 0 aliphatic carbocycles. The number of alkyl halides is 6. The summed E-state index contributed by atoms with van der Waals surface area (Å²) in [5, 5.41) is 0. The molecule has 0 atom stereocenters. The largest absolute Gasteiger partial charge is 0.456 e. The molecule has 0 unspecified atom stereocenters. The van der Waals surface area contributed by atoms with Crippen molar-refractivity contribution in [2.75, 3.05) is 6.67 Å². The van der Waals surface area contributed by atoms with E-state index in [1.54, 1.807) is 0 Å². The van der Waals surface area contributed by atoms with Gasteiger partial charge in [-0.3, -0.25) is 9.59 Å². The Labute approximate surface area is 92.8 Å². The zero-order chi connectivity index (χ0) is 10.9. The fourth-order valence-corrected chi connectivity index (χ4v) is 0.389. The van der Waals surface area contributed by atoms with Crippen LogP contribution in [0.4, 0.5) is 26.3 Å². The van der Waals surface area contributed by atoms with Crippen molar-refractivity contribution < 1.29 is 62.1 Å². The van der Waals surface area contributed by atoms with Crippen LogP contribution in [0.15, 0.2) is 0 Å². The molecule has 0 N–H and O–H groups in total. The van der Waals surface area contributed by atoms with Crippen molar-refractivity contribution >= 4 is 11.6 Å². The molecule has 80 valence electrons. The summed E-state index contributed by atoms with van der Waals surface area (Å²) in [6, 6.07) is 0. The third-order valence-corrected chi connectivity index (χ3v) is 1.01. The Bertz CT molecular complexity index is 235. The molecule has 0 saturated heterocycles. The minimum Gasteiger partial charge on any atom is -0.289 e. The van der Waals surface area contributed by atoms with E-state index >= 15 is 0 Å². The van der Waals surface area contributed by atoms with Gasteiger partial charge in [0.15, 0.2) is 6.67 Å². The first-order chi connectivity index (χ1) is 5.64. The minimum atomic E-state index is -5.85. The topological polar surface area (TPSA) is 34.1 Å². The molecule has 0 spiro atoms. The van der Waals surface area contributed by atoms with Gasteiger partial charge in [0.25, 0.3) is 0 Å². The number of halogens is 6. The number of ketones is 2. The summed E-state index contributed by atoms with van der Waals surface area (Å²) in [4.78, 5) is 19.7. The third kappa shape index (κ3) is 3.51. The first kappa shape index (κ1) is 16.2. The van der Waals surface area contributed by atoms with Gasteiger partial charge in [0.2, 0.25) is 5.78 Å². The van der Waals surface area contributed by atoms with Gasteiger partial charge in [-0.25, -0.2) is 4.39 Å². The molecule has 0 aromatic carbocycles. The number of hydrogen-bond donors (Lipinski definition) is 0. The number of Topliss-reactive ketones (excluding diaryl/α,β-unsaturated/α-hetero) is 2. The van der Waals surface area contributed by atoms with Crippen molar-refractivity contribution in [1.29, 1.82) is 0 Å². The van der Waals surface area contributed by atoms with Crippen LogP contribution in [0.5, 0.6) is 0 Å². The van der Waals surface area contributed by atoms with E-state index in [-0.39, 0.29) is 26.2 Å². The van der Waals surface area contributed by atoms with Crippen LogP contribution in [0, 0.1) is 0 Å². The summed E-state index contributed by atoms with van der Waals surface area (Å²) in [6.07, 6.45) is -5.85. The molecule has 0 amide bonds. The molecule has 2 nitrogen and oxygen atoms in total. The number of carbonyl (C=O) groups is 2. The molecule has 0 aromatic heterocycles. The summed E-state index contributed by atoms with van der Waals surface area (Å²) in [6.45, 7) is -2.32. The van der Waals surface area contributed by atoms with Crippen LogP contribution in [-0.2, 0) is 35.8 Å². The Hall–Kier alpha value is -0.197. The quantitative estimate of drug-likeness (QED) is 0.581. The van der Waals surface area contributed by atoms with E-state index < -0.39 is 30.3 Å². The molecule has 0 aromatic rings. The fourth-order valence-electron chi connectivity index (χ4n) is 0.389. The van der Waals surface area contributed by atoms with Crippen LogP contribution in [0.1, 0.15) is 0 Å². The van der Waals surface area contributed by atoms with Crippen molar-refractivity contribution in [3.05, 3.63) is 0 Å².